The van der Waals surface area contributed by atoms with Crippen molar-refractivity contribution in [1.82, 2.24) is 9.88 Å². The smallest absolute Gasteiger partial charge is 0.182 e. The minimum Gasteiger partial charge on any atom is -0.362 e. The second kappa shape index (κ2) is 7.63. The van der Waals surface area contributed by atoms with Gasteiger partial charge < -0.3 is 10.2 Å². The highest BCUT2D eigenvalue weighted by atomic mass is 32.1. The van der Waals surface area contributed by atoms with Crippen LogP contribution in [0.5, 0.6) is 0 Å². The number of rotatable bonds is 8. The van der Waals surface area contributed by atoms with Crippen LogP contribution in [0, 0.1) is 0 Å². The highest BCUT2D eigenvalue weighted by Gasteiger charge is 2.04. The van der Waals surface area contributed by atoms with E-state index in [2.05, 4.69) is 36.1 Å². The van der Waals surface area contributed by atoms with Gasteiger partial charge in [0.1, 0.15) is 0 Å². The van der Waals surface area contributed by atoms with Crippen molar-refractivity contribution in [3.05, 3.63) is 11.1 Å². The van der Waals surface area contributed by atoms with E-state index in [-0.39, 0.29) is 0 Å². The minimum atomic E-state index is 1.01. The van der Waals surface area contributed by atoms with E-state index in [1.54, 1.807) is 11.3 Å². The third-order valence-corrected chi connectivity index (χ3v) is 3.34. The lowest BCUT2D eigenvalue weighted by molar-refractivity contribution is 0.323. The number of hydrogen-bond acceptors (Lipinski definition) is 4. The molecule has 0 aliphatic heterocycles. The fourth-order valence-electron chi connectivity index (χ4n) is 1.47. The van der Waals surface area contributed by atoms with E-state index >= 15 is 0 Å². The molecule has 1 heterocycles. The summed E-state index contributed by atoms with van der Waals surface area (Å²) in [6, 6.07) is 0. The molecule has 92 valence electrons. The molecule has 0 unspecified atom stereocenters. The zero-order valence-corrected chi connectivity index (χ0v) is 11.4. The monoisotopic (exact) mass is 241 g/mol. The zero-order valence-electron chi connectivity index (χ0n) is 10.6. The van der Waals surface area contributed by atoms with Crippen LogP contribution in [-0.4, -0.2) is 30.0 Å². The Morgan fingerprint density at radius 3 is 2.88 bits per heavy atom. The number of thiazole rings is 1. The number of aromatic nitrogens is 1. The third kappa shape index (κ3) is 4.94. The Labute approximate surface area is 103 Å². The number of anilines is 1. The normalized spacial score (nSPS) is 11.0. The van der Waals surface area contributed by atoms with Crippen LogP contribution < -0.4 is 5.32 Å². The van der Waals surface area contributed by atoms with Crippen molar-refractivity contribution in [3.63, 3.8) is 0 Å². The first kappa shape index (κ1) is 13.5. The van der Waals surface area contributed by atoms with Crippen LogP contribution >= 0.6 is 11.3 Å². The molecular weight excluding hydrogens is 218 g/mol. The van der Waals surface area contributed by atoms with Gasteiger partial charge in [-0.05, 0) is 26.4 Å². The van der Waals surface area contributed by atoms with E-state index in [1.165, 1.54) is 24.3 Å². The Balaban J connectivity index is 2.33. The van der Waals surface area contributed by atoms with Crippen LogP contribution in [0.15, 0.2) is 6.20 Å². The van der Waals surface area contributed by atoms with E-state index < -0.39 is 0 Å². The number of nitrogens with one attached hydrogen (secondary N) is 1. The van der Waals surface area contributed by atoms with Gasteiger partial charge in [-0.1, -0.05) is 20.3 Å². The van der Waals surface area contributed by atoms with Gasteiger partial charge in [0.2, 0.25) is 0 Å². The van der Waals surface area contributed by atoms with E-state index in [1.807, 2.05) is 6.20 Å². The quantitative estimate of drug-likeness (QED) is 0.757. The number of nitrogens with zero attached hydrogens (tertiary/aromatic N) is 2. The summed E-state index contributed by atoms with van der Waals surface area (Å²) in [6.07, 6.45) is 5.67. The average Bonchev–Trinajstić information content (AvgIpc) is 2.71. The van der Waals surface area contributed by atoms with Crippen LogP contribution in [0.4, 0.5) is 5.13 Å². The van der Waals surface area contributed by atoms with Gasteiger partial charge in [0, 0.05) is 24.2 Å². The predicted molar refractivity (Wildman–Crippen MR) is 72.1 cm³/mol. The van der Waals surface area contributed by atoms with Gasteiger partial charge in [-0.15, -0.1) is 11.3 Å². The summed E-state index contributed by atoms with van der Waals surface area (Å²) in [5.74, 6) is 0. The summed E-state index contributed by atoms with van der Waals surface area (Å²) in [5.41, 5.74) is 0. The van der Waals surface area contributed by atoms with Crippen LogP contribution in [0.2, 0.25) is 0 Å². The molecule has 3 nitrogen and oxygen atoms in total. The van der Waals surface area contributed by atoms with Crippen LogP contribution in [0.25, 0.3) is 0 Å². The first-order valence-electron chi connectivity index (χ1n) is 6.13. The molecule has 0 amide bonds. The summed E-state index contributed by atoms with van der Waals surface area (Å²) < 4.78 is 0. The molecule has 1 rings (SSSR count). The third-order valence-electron chi connectivity index (χ3n) is 2.40. The fourth-order valence-corrected chi connectivity index (χ4v) is 2.39. The summed E-state index contributed by atoms with van der Waals surface area (Å²) in [7, 11) is 2.18. The molecule has 0 aromatic carbocycles. The standard InChI is InChI=1S/C12H23N3S/c1-4-6-8-15(3)10-11-9-14-12(16-11)13-7-5-2/h9H,4-8,10H2,1-3H3,(H,13,14). The van der Waals surface area contributed by atoms with Gasteiger partial charge in [0.05, 0.1) is 0 Å². The molecule has 1 aromatic heterocycles. The largest absolute Gasteiger partial charge is 0.362 e. The van der Waals surface area contributed by atoms with Gasteiger partial charge in [-0.25, -0.2) is 4.98 Å². The van der Waals surface area contributed by atoms with E-state index in [0.717, 1.165) is 24.6 Å². The lowest BCUT2D eigenvalue weighted by atomic mass is 10.3. The molecule has 0 saturated carbocycles. The summed E-state index contributed by atoms with van der Waals surface area (Å²) in [6.45, 7) is 7.60. The molecule has 0 bridgehead atoms. The first-order valence-corrected chi connectivity index (χ1v) is 6.95. The number of hydrogen-bond donors (Lipinski definition) is 1. The van der Waals surface area contributed by atoms with Crippen molar-refractivity contribution >= 4 is 16.5 Å². The minimum absolute atomic E-state index is 1.01. The van der Waals surface area contributed by atoms with Crippen molar-refractivity contribution in [2.75, 3.05) is 25.5 Å². The lowest BCUT2D eigenvalue weighted by Crippen LogP contribution is -2.18. The maximum absolute atomic E-state index is 4.37. The Bertz CT molecular complexity index is 286. The van der Waals surface area contributed by atoms with Crippen molar-refractivity contribution < 1.29 is 0 Å². The average molecular weight is 241 g/mol. The molecule has 1 aromatic rings. The first-order chi connectivity index (χ1) is 7.76. The molecule has 0 aliphatic rings. The van der Waals surface area contributed by atoms with Gasteiger partial charge >= 0.3 is 0 Å². The SMILES string of the molecule is CCCCN(C)Cc1cnc(NCCC)s1. The van der Waals surface area contributed by atoms with Crippen LogP contribution in [0.1, 0.15) is 38.0 Å². The molecule has 4 heteroatoms. The topological polar surface area (TPSA) is 28.2 Å². The Morgan fingerprint density at radius 2 is 2.19 bits per heavy atom. The maximum Gasteiger partial charge on any atom is 0.182 e. The Hall–Kier alpha value is -0.610. The summed E-state index contributed by atoms with van der Waals surface area (Å²) in [5, 5.41) is 4.38. The molecular formula is C12H23N3S. The predicted octanol–water partition coefficient (Wildman–Crippen LogP) is 3.20. The molecule has 0 saturated heterocycles. The van der Waals surface area contributed by atoms with Crippen molar-refractivity contribution in [3.8, 4) is 0 Å². The molecule has 0 spiro atoms. The van der Waals surface area contributed by atoms with Crippen molar-refractivity contribution in [2.24, 2.45) is 0 Å². The van der Waals surface area contributed by atoms with Gasteiger partial charge in [0.15, 0.2) is 5.13 Å². The van der Waals surface area contributed by atoms with E-state index in [0.29, 0.717) is 0 Å². The maximum atomic E-state index is 4.37. The van der Waals surface area contributed by atoms with Crippen LogP contribution in [-0.2, 0) is 6.54 Å². The van der Waals surface area contributed by atoms with E-state index in [4.69, 9.17) is 0 Å². The highest BCUT2D eigenvalue weighted by molar-refractivity contribution is 7.15. The van der Waals surface area contributed by atoms with Crippen molar-refractivity contribution in [2.45, 2.75) is 39.7 Å². The zero-order chi connectivity index (χ0) is 11.8. The summed E-state index contributed by atoms with van der Waals surface area (Å²) >= 11 is 1.77. The number of unbranched alkanes of at least 4 members (excludes halogenated alkanes) is 1. The Morgan fingerprint density at radius 1 is 1.38 bits per heavy atom. The Kier molecular flexibility index (Phi) is 6.42. The lowest BCUT2D eigenvalue weighted by Gasteiger charge is -2.14. The molecule has 16 heavy (non-hydrogen) atoms. The molecule has 0 atom stereocenters. The molecule has 0 radical (unpaired) electrons. The molecule has 1 N–H and O–H groups in total. The fraction of sp³-hybridized carbons (Fsp3) is 0.750. The van der Waals surface area contributed by atoms with Gasteiger partial charge in [-0.2, -0.15) is 0 Å². The van der Waals surface area contributed by atoms with E-state index in [9.17, 15) is 0 Å². The van der Waals surface area contributed by atoms with Crippen molar-refractivity contribution in [1.29, 1.82) is 0 Å². The molecule has 0 aliphatic carbocycles. The highest BCUT2D eigenvalue weighted by Crippen LogP contribution is 2.19. The molecule has 0 fully saturated rings. The van der Waals surface area contributed by atoms with Crippen LogP contribution in [0.3, 0.4) is 0 Å². The van der Waals surface area contributed by atoms with Gasteiger partial charge in [-0.3, -0.25) is 0 Å². The van der Waals surface area contributed by atoms with Gasteiger partial charge in [0.25, 0.3) is 0 Å². The summed E-state index contributed by atoms with van der Waals surface area (Å²) in [4.78, 5) is 8.07. The second-order valence-electron chi connectivity index (χ2n) is 4.15. The second-order valence-corrected chi connectivity index (χ2v) is 5.27.